The second-order valence-corrected chi connectivity index (χ2v) is 4.60. The van der Waals surface area contributed by atoms with Crippen LogP contribution in [0, 0.1) is 5.92 Å². The van der Waals surface area contributed by atoms with Gasteiger partial charge in [0.25, 0.3) is 0 Å². The highest BCUT2D eigenvalue weighted by molar-refractivity contribution is 5.79. The van der Waals surface area contributed by atoms with Gasteiger partial charge < -0.3 is 10.0 Å². The highest BCUT2D eigenvalue weighted by Gasteiger charge is 2.38. The molecule has 17 heavy (non-hydrogen) atoms. The van der Waals surface area contributed by atoms with E-state index in [-0.39, 0.29) is 5.91 Å². The molecule has 1 N–H and O–H groups in total. The molecule has 0 saturated carbocycles. The normalized spacial score (nSPS) is 16.1. The van der Waals surface area contributed by atoms with Gasteiger partial charge in [0, 0.05) is 14.1 Å². The van der Waals surface area contributed by atoms with Gasteiger partial charge in [-0.2, -0.15) is 0 Å². The number of carbonyl (C=O) groups excluding carboxylic acids is 1. The minimum atomic E-state index is -1.09. The summed E-state index contributed by atoms with van der Waals surface area (Å²) in [5, 5.41) is 10.7. The third-order valence-electron chi connectivity index (χ3n) is 3.34. The van der Waals surface area contributed by atoms with E-state index >= 15 is 0 Å². The zero-order chi connectivity index (χ0) is 13.1. The molecule has 0 spiro atoms. The van der Waals surface area contributed by atoms with E-state index in [4.69, 9.17) is 0 Å². The van der Waals surface area contributed by atoms with Crippen LogP contribution in [-0.2, 0) is 10.4 Å². The first-order valence-electron chi connectivity index (χ1n) is 5.92. The molecule has 0 bridgehead atoms. The molecule has 0 saturated heterocycles. The van der Waals surface area contributed by atoms with Crippen LogP contribution in [0.25, 0.3) is 0 Å². The van der Waals surface area contributed by atoms with E-state index in [1.165, 1.54) is 4.90 Å². The van der Waals surface area contributed by atoms with Gasteiger partial charge in [0.2, 0.25) is 5.91 Å². The molecule has 3 nitrogen and oxygen atoms in total. The lowest BCUT2D eigenvalue weighted by Gasteiger charge is -2.34. The van der Waals surface area contributed by atoms with Crippen LogP contribution in [0.4, 0.5) is 0 Å². The highest BCUT2D eigenvalue weighted by atomic mass is 16.3. The second kappa shape index (κ2) is 5.32. The molecular weight excluding hydrogens is 214 g/mol. The average molecular weight is 235 g/mol. The van der Waals surface area contributed by atoms with Crippen LogP contribution < -0.4 is 0 Å². The monoisotopic (exact) mass is 235 g/mol. The van der Waals surface area contributed by atoms with Gasteiger partial charge in [0.15, 0.2) is 0 Å². The second-order valence-electron chi connectivity index (χ2n) is 4.60. The van der Waals surface area contributed by atoms with E-state index in [0.29, 0.717) is 6.42 Å². The molecule has 2 atom stereocenters. The number of rotatable bonds is 4. The predicted octanol–water partition coefficient (Wildman–Crippen LogP) is 2.01. The Hall–Kier alpha value is -1.35. The van der Waals surface area contributed by atoms with Gasteiger partial charge in [-0.15, -0.1) is 0 Å². The molecule has 1 aromatic carbocycles. The SMILES string of the molecule is CC[C@](O)(c1ccccc1)[C@H](C)C(=O)N(C)C. The lowest BCUT2D eigenvalue weighted by molar-refractivity contribution is -0.143. The molecule has 3 heteroatoms. The number of aliphatic hydroxyl groups is 1. The van der Waals surface area contributed by atoms with Crippen molar-refractivity contribution in [1.82, 2.24) is 4.90 Å². The van der Waals surface area contributed by atoms with Gasteiger partial charge in [0.1, 0.15) is 5.60 Å². The molecule has 0 aliphatic rings. The maximum absolute atomic E-state index is 12.0. The first kappa shape index (κ1) is 13.7. The molecule has 0 radical (unpaired) electrons. The molecular formula is C14H21NO2. The Morgan fingerprint density at radius 2 is 1.88 bits per heavy atom. The molecule has 1 aromatic rings. The number of hydrogen-bond donors (Lipinski definition) is 1. The third-order valence-corrected chi connectivity index (χ3v) is 3.34. The Bertz CT molecular complexity index is 375. The first-order chi connectivity index (χ1) is 7.93. The maximum atomic E-state index is 12.0. The number of benzene rings is 1. The molecule has 1 amide bonds. The number of carbonyl (C=O) groups is 1. The summed E-state index contributed by atoms with van der Waals surface area (Å²) in [6, 6.07) is 9.38. The summed E-state index contributed by atoms with van der Waals surface area (Å²) in [7, 11) is 3.42. The summed E-state index contributed by atoms with van der Waals surface area (Å²) in [4.78, 5) is 13.5. The largest absolute Gasteiger partial charge is 0.384 e. The minimum absolute atomic E-state index is 0.0572. The van der Waals surface area contributed by atoms with Crippen LogP contribution in [-0.4, -0.2) is 30.0 Å². The fourth-order valence-corrected chi connectivity index (χ4v) is 2.08. The smallest absolute Gasteiger partial charge is 0.228 e. The summed E-state index contributed by atoms with van der Waals surface area (Å²) in [5.74, 6) is -0.511. The lowest BCUT2D eigenvalue weighted by Crippen LogP contribution is -2.42. The van der Waals surface area contributed by atoms with E-state index in [0.717, 1.165) is 5.56 Å². The van der Waals surface area contributed by atoms with Crippen molar-refractivity contribution in [2.75, 3.05) is 14.1 Å². The number of amides is 1. The molecule has 0 aromatic heterocycles. The summed E-state index contributed by atoms with van der Waals surface area (Å²) in [6.45, 7) is 3.67. The molecule has 0 aliphatic carbocycles. The third kappa shape index (κ3) is 2.67. The fraction of sp³-hybridized carbons (Fsp3) is 0.500. The first-order valence-corrected chi connectivity index (χ1v) is 5.92. The van der Waals surface area contributed by atoms with Crippen LogP contribution in [0.3, 0.4) is 0 Å². The van der Waals surface area contributed by atoms with Crippen molar-refractivity contribution in [3.8, 4) is 0 Å². The van der Waals surface area contributed by atoms with Crippen LogP contribution in [0.15, 0.2) is 30.3 Å². The summed E-state index contributed by atoms with van der Waals surface area (Å²) in [6.07, 6.45) is 0.512. The van der Waals surface area contributed by atoms with Crippen molar-refractivity contribution in [3.63, 3.8) is 0 Å². The predicted molar refractivity (Wildman–Crippen MR) is 68.5 cm³/mol. The molecule has 0 aliphatic heterocycles. The lowest BCUT2D eigenvalue weighted by atomic mass is 9.79. The van der Waals surface area contributed by atoms with E-state index < -0.39 is 11.5 Å². The molecule has 1 rings (SSSR count). The summed E-state index contributed by atoms with van der Waals surface area (Å²) < 4.78 is 0. The van der Waals surface area contributed by atoms with Crippen molar-refractivity contribution < 1.29 is 9.90 Å². The van der Waals surface area contributed by atoms with Gasteiger partial charge in [-0.25, -0.2) is 0 Å². The summed E-state index contributed by atoms with van der Waals surface area (Å²) in [5.41, 5.74) is -0.298. The van der Waals surface area contributed by atoms with Crippen molar-refractivity contribution >= 4 is 5.91 Å². The van der Waals surface area contributed by atoms with Crippen molar-refractivity contribution in [2.45, 2.75) is 25.9 Å². The fourth-order valence-electron chi connectivity index (χ4n) is 2.08. The van der Waals surface area contributed by atoms with E-state index in [9.17, 15) is 9.90 Å². The zero-order valence-corrected chi connectivity index (χ0v) is 11.0. The average Bonchev–Trinajstić information content (AvgIpc) is 2.36. The topological polar surface area (TPSA) is 40.5 Å². The van der Waals surface area contributed by atoms with Crippen molar-refractivity contribution in [1.29, 1.82) is 0 Å². The van der Waals surface area contributed by atoms with Gasteiger partial charge in [-0.1, -0.05) is 44.2 Å². The highest BCUT2D eigenvalue weighted by Crippen LogP contribution is 2.33. The molecule has 0 unspecified atom stereocenters. The Morgan fingerprint density at radius 1 is 1.35 bits per heavy atom. The van der Waals surface area contributed by atoms with E-state index in [2.05, 4.69) is 0 Å². The Kier molecular flexibility index (Phi) is 4.29. The van der Waals surface area contributed by atoms with Crippen LogP contribution in [0.1, 0.15) is 25.8 Å². The summed E-state index contributed by atoms with van der Waals surface area (Å²) >= 11 is 0. The maximum Gasteiger partial charge on any atom is 0.228 e. The van der Waals surface area contributed by atoms with Crippen LogP contribution >= 0.6 is 0 Å². The quantitative estimate of drug-likeness (QED) is 0.867. The molecule has 0 fully saturated rings. The van der Waals surface area contributed by atoms with Gasteiger partial charge in [-0.05, 0) is 12.0 Å². The number of nitrogens with zero attached hydrogens (tertiary/aromatic N) is 1. The molecule has 94 valence electrons. The van der Waals surface area contributed by atoms with E-state index in [1.54, 1.807) is 21.0 Å². The van der Waals surface area contributed by atoms with Gasteiger partial charge in [0.05, 0.1) is 5.92 Å². The van der Waals surface area contributed by atoms with Crippen LogP contribution in [0.5, 0.6) is 0 Å². The standard InChI is InChI=1S/C14H21NO2/c1-5-14(17,11(2)13(16)15(3)4)12-9-7-6-8-10-12/h6-11,17H,5H2,1-4H3/t11-,14-/m1/s1. The Labute approximate surface area is 103 Å². The van der Waals surface area contributed by atoms with Crippen LogP contribution in [0.2, 0.25) is 0 Å². The van der Waals surface area contributed by atoms with Gasteiger partial charge >= 0.3 is 0 Å². The van der Waals surface area contributed by atoms with E-state index in [1.807, 2.05) is 37.3 Å². The van der Waals surface area contributed by atoms with Crippen molar-refractivity contribution in [3.05, 3.63) is 35.9 Å². The Morgan fingerprint density at radius 3 is 2.29 bits per heavy atom. The minimum Gasteiger partial charge on any atom is -0.384 e. The molecule has 0 heterocycles. The number of hydrogen-bond acceptors (Lipinski definition) is 2. The van der Waals surface area contributed by atoms with Crippen molar-refractivity contribution in [2.24, 2.45) is 5.92 Å². The zero-order valence-electron chi connectivity index (χ0n) is 11.0. The Balaban J connectivity index is 3.08. The van der Waals surface area contributed by atoms with Gasteiger partial charge in [-0.3, -0.25) is 4.79 Å².